The molecule has 1 saturated heterocycles. The molecule has 2 heterocycles. The zero-order valence-electron chi connectivity index (χ0n) is 9.32. The van der Waals surface area contributed by atoms with E-state index in [0.29, 0.717) is 6.04 Å². The van der Waals surface area contributed by atoms with E-state index in [9.17, 15) is 0 Å². The van der Waals surface area contributed by atoms with Crippen LogP contribution >= 0.6 is 23.7 Å². The SMILES string of the molecule is Cc1ccc(CN2CCNCC2C)s1.Cl. The average Bonchev–Trinajstić information content (AvgIpc) is 2.56. The third kappa shape index (κ3) is 3.45. The number of nitrogens with zero attached hydrogens (tertiary/aromatic N) is 1. The van der Waals surface area contributed by atoms with Gasteiger partial charge in [-0.05, 0) is 26.0 Å². The minimum atomic E-state index is 0. The Morgan fingerprint density at radius 1 is 1.53 bits per heavy atom. The summed E-state index contributed by atoms with van der Waals surface area (Å²) in [5, 5.41) is 3.42. The van der Waals surface area contributed by atoms with Gasteiger partial charge in [-0.2, -0.15) is 0 Å². The van der Waals surface area contributed by atoms with Gasteiger partial charge in [-0.3, -0.25) is 4.90 Å². The molecule has 2 nitrogen and oxygen atoms in total. The van der Waals surface area contributed by atoms with Crippen molar-refractivity contribution in [2.75, 3.05) is 19.6 Å². The van der Waals surface area contributed by atoms with Gasteiger partial charge in [0.2, 0.25) is 0 Å². The lowest BCUT2D eigenvalue weighted by Crippen LogP contribution is -2.49. The van der Waals surface area contributed by atoms with Gasteiger partial charge in [0.1, 0.15) is 0 Å². The Bertz CT molecular complexity index is 301. The molecule has 2 rings (SSSR count). The van der Waals surface area contributed by atoms with E-state index in [1.165, 1.54) is 16.3 Å². The molecule has 1 aliphatic heterocycles. The largest absolute Gasteiger partial charge is 0.314 e. The zero-order chi connectivity index (χ0) is 9.97. The van der Waals surface area contributed by atoms with Crippen LogP contribution in [0.15, 0.2) is 12.1 Å². The summed E-state index contributed by atoms with van der Waals surface area (Å²) in [5.74, 6) is 0. The first kappa shape index (κ1) is 13.0. The fourth-order valence-electron chi connectivity index (χ4n) is 1.89. The molecule has 1 aliphatic rings. The van der Waals surface area contributed by atoms with Crippen LogP contribution in [0.25, 0.3) is 0 Å². The van der Waals surface area contributed by atoms with Crippen LogP contribution in [0.1, 0.15) is 16.7 Å². The van der Waals surface area contributed by atoms with Gasteiger partial charge in [-0.1, -0.05) is 0 Å². The standard InChI is InChI=1S/C11H18N2S.ClH/c1-9-7-12-5-6-13(9)8-11-4-3-10(2)14-11;/h3-4,9,12H,5-8H2,1-2H3;1H. The topological polar surface area (TPSA) is 15.3 Å². The smallest absolute Gasteiger partial charge is 0.0331 e. The molecule has 0 spiro atoms. The van der Waals surface area contributed by atoms with Crippen LogP contribution in [0.2, 0.25) is 0 Å². The van der Waals surface area contributed by atoms with Crippen molar-refractivity contribution in [3.05, 3.63) is 21.9 Å². The lowest BCUT2D eigenvalue weighted by atomic mass is 10.2. The summed E-state index contributed by atoms with van der Waals surface area (Å²) in [7, 11) is 0. The highest BCUT2D eigenvalue weighted by Gasteiger charge is 2.17. The average molecular weight is 247 g/mol. The van der Waals surface area contributed by atoms with Gasteiger partial charge in [0.15, 0.2) is 0 Å². The molecule has 0 amide bonds. The second-order valence-electron chi connectivity index (χ2n) is 4.04. The molecule has 1 fully saturated rings. The first-order chi connectivity index (χ1) is 6.75. The minimum Gasteiger partial charge on any atom is -0.314 e. The summed E-state index contributed by atoms with van der Waals surface area (Å²) in [6.45, 7) is 9.04. The number of aryl methyl sites for hydroxylation is 1. The molecule has 0 bridgehead atoms. The van der Waals surface area contributed by atoms with E-state index in [4.69, 9.17) is 0 Å². The van der Waals surface area contributed by atoms with Crippen molar-refractivity contribution in [3.63, 3.8) is 0 Å². The second kappa shape index (κ2) is 5.85. The van der Waals surface area contributed by atoms with Crippen LogP contribution in [0.4, 0.5) is 0 Å². The molecule has 0 radical (unpaired) electrons. The number of thiophene rings is 1. The van der Waals surface area contributed by atoms with Crippen molar-refractivity contribution < 1.29 is 0 Å². The third-order valence-electron chi connectivity index (χ3n) is 2.79. The fraction of sp³-hybridized carbons (Fsp3) is 0.636. The maximum Gasteiger partial charge on any atom is 0.0331 e. The molecular formula is C11H19ClN2S. The van der Waals surface area contributed by atoms with Crippen LogP contribution in [0, 0.1) is 6.92 Å². The van der Waals surface area contributed by atoms with Crippen LogP contribution in [0.3, 0.4) is 0 Å². The summed E-state index contributed by atoms with van der Waals surface area (Å²) in [6, 6.07) is 5.15. The molecule has 0 aliphatic carbocycles. The molecule has 15 heavy (non-hydrogen) atoms. The van der Waals surface area contributed by atoms with Crippen LogP contribution in [-0.4, -0.2) is 30.6 Å². The normalized spacial score (nSPS) is 22.4. The molecule has 1 aromatic heterocycles. The lowest BCUT2D eigenvalue weighted by Gasteiger charge is -2.33. The maximum atomic E-state index is 3.42. The van der Waals surface area contributed by atoms with E-state index >= 15 is 0 Å². The van der Waals surface area contributed by atoms with Crippen molar-refractivity contribution in [3.8, 4) is 0 Å². The van der Waals surface area contributed by atoms with Gasteiger partial charge in [-0.15, -0.1) is 23.7 Å². The lowest BCUT2D eigenvalue weighted by molar-refractivity contribution is 0.167. The molecule has 4 heteroatoms. The summed E-state index contributed by atoms with van der Waals surface area (Å²) in [6.07, 6.45) is 0. The Kier molecular flexibility index (Phi) is 5.06. The quantitative estimate of drug-likeness (QED) is 0.862. The number of nitrogens with one attached hydrogen (secondary N) is 1. The number of hydrogen-bond donors (Lipinski definition) is 1. The molecule has 1 N–H and O–H groups in total. The molecule has 0 saturated carbocycles. The predicted octanol–water partition coefficient (Wildman–Crippen LogP) is 2.27. The Balaban J connectivity index is 0.00000112. The Morgan fingerprint density at radius 3 is 2.93 bits per heavy atom. The van der Waals surface area contributed by atoms with Crippen LogP contribution in [0.5, 0.6) is 0 Å². The summed E-state index contributed by atoms with van der Waals surface area (Å²) in [4.78, 5) is 5.47. The maximum absolute atomic E-state index is 3.42. The Hall–Kier alpha value is -0.0900. The molecule has 1 aromatic rings. The van der Waals surface area contributed by atoms with E-state index in [-0.39, 0.29) is 12.4 Å². The van der Waals surface area contributed by atoms with Gasteiger partial charge < -0.3 is 5.32 Å². The van der Waals surface area contributed by atoms with Crippen LogP contribution in [-0.2, 0) is 6.54 Å². The number of halogens is 1. The highest BCUT2D eigenvalue weighted by Crippen LogP contribution is 2.18. The van der Waals surface area contributed by atoms with E-state index < -0.39 is 0 Å². The summed E-state index contributed by atoms with van der Waals surface area (Å²) < 4.78 is 0. The van der Waals surface area contributed by atoms with Gasteiger partial charge in [-0.25, -0.2) is 0 Å². The van der Waals surface area contributed by atoms with Crippen molar-refractivity contribution in [2.45, 2.75) is 26.4 Å². The molecule has 1 atom stereocenters. The predicted molar refractivity (Wildman–Crippen MR) is 69.0 cm³/mol. The van der Waals surface area contributed by atoms with E-state index in [2.05, 4.69) is 36.2 Å². The van der Waals surface area contributed by atoms with Crippen molar-refractivity contribution in [2.24, 2.45) is 0 Å². The number of piperazine rings is 1. The van der Waals surface area contributed by atoms with E-state index in [1.54, 1.807) is 0 Å². The van der Waals surface area contributed by atoms with E-state index in [1.807, 2.05) is 11.3 Å². The fourth-order valence-corrected chi connectivity index (χ4v) is 2.80. The van der Waals surface area contributed by atoms with Crippen molar-refractivity contribution in [1.82, 2.24) is 10.2 Å². The number of hydrogen-bond acceptors (Lipinski definition) is 3. The van der Waals surface area contributed by atoms with Crippen LogP contribution < -0.4 is 5.32 Å². The Labute approximate surface area is 102 Å². The first-order valence-corrected chi connectivity index (χ1v) is 6.07. The van der Waals surface area contributed by atoms with Gasteiger partial charge in [0.05, 0.1) is 0 Å². The van der Waals surface area contributed by atoms with E-state index in [0.717, 1.165) is 19.6 Å². The number of rotatable bonds is 2. The molecule has 0 aromatic carbocycles. The third-order valence-corrected chi connectivity index (χ3v) is 3.78. The monoisotopic (exact) mass is 246 g/mol. The second-order valence-corrected chi connectivity index (χ2v) is 5.41. The molecule has 86 valence electrons. The summed E-state index contributed by atoms with van der Waals surface area (Å²) >= 11 is 1.92. The first-order valence-electron chi connectivity index (χ1n) is 5.26. The Morgan fingerprint density at radius 2 is 2.33 bits per heavy atom. The van der Waals surface area contributed by atoms with Crippen molar-refractivity contribution in [1.29, 1.82) is 0 Å². The zero-order valence-corrected chi connectivity index (χ0v) is 11.0. The van der Waals surface area contributed by atoms with Gasteiger partial charge in [0.25, 0.3) is 0 Å². The highest BCUT2D eigenvalue weighted by atomic mass is 35.5. The highest BCUT2D eigenvalue weighted by molar-refractivity contribution is 7.11. The van der Waals surface area contributed by atoms with Crippen molar-refractivity contribution >= 4 is 23.7 Å². The summed E-state index contributed by atoms with van der Waals surface area (Å²) in [5.41, 5.74) is 0. The van der Waals surface area contributed by atoms with Gasteiger partial charge >= 0.3 is 0 Å². The molecular weight excluding hydrogens is 228 g/mol. The minimum absolute atomic E-state index is 0. The molecule has 1 unspecified atom stereocenters. The van der Waals surface area contributed by atoms with Gasteiger partial charge in [0, 0.05) is 42.0 Å².